The van der Waals surface area contributed by atoms with Gasteiger partial charge in [-0.15, -0.1) is 0 Å². The van der Waals surface area contributed by atoms with Crippen molar-refractivity contribution in [2.75, 3.05) is 24.5 Å². The molecule has 0 saturated carbocycles. The van der Waals surface area contributed by atoms with Gasteiger partial charge in [0.15, 0.2) is 0 Å². The largest absolute Gasteiger partial charge is 0.341 e. The van der Waals surface area contributed by atoms with Crippen LogP contribution in [0.3, 0.4) is 0 Å². The van der Waals surface area contributed by atoms with Crippen molar-refractivity contribution < 1.29 is 9.59 Å². The second-order valence-electron chi connectivity index (χ2n) is 6.72. The lowest BCUT2D eigenvalue weighted by Gasteiger charge is -2.29. The van der Waals surface area contributed by atoms with Gasteiger partial charge in [-0.2, -0.15) is 0 Å². The van der Waals surface area contributed by atoms with Crippen molar-refractivity contribution >= 4 is 17.5 Å². The second kappa shape index (κ2) is 6.71. The van der Waals surface area contributed by atoms with Crippen molar-refractivity contribution in [2.24, 2.45) is 11.7 Å². The van der Waals surface area contributed by atoms with Gasteiger partial charge < -0.3 is 15.5 Å². The maximum atomic E-state index is 12.3. The Morgan fingerprint density at radius 2 is 2.04 bits per heavy atom. The molecule has 5 nitrogen and oxygen atoms in total. The molecule has 1 saturated heterocycles. The Kier molecular flexibility index (Phi) is 4.66. The molecule has 2 N–H and O–H groups in total. The summed E-state index contributed by atoms with van der Waals surface area (Å²) in [6.07, 6.45) is 2.54. The van der Waals surface area contributed by atoms with Crippen LogP contribution < -0.4 is 10.6 Å². The topological polar surface area (TPSA) is 66.6 Å². The Balaban J connectivity index is 1.55. The van der Waals surface area contributed by atoms with Crippen LogP contribution in [0.15, 0.2) is 24.3 Å². The Bertz CT molecular complexity index is 592. The Morgan fingerprint density at radius 1 is 1.26 bits per heavy atom. The number of hydrogen-bond acceptors (Lipinski definition) is 3. The van der Waals surface area contributed by atoms with Gasteiger partial charge >= 0.3 is 0 Å². The fourth-order valence-electron chi connectivity index (χ4n) is 3.48. The molecule has 2 amide bonds. The molecule has 0 bridgehead atoms. The van der Waals surface area contributed by atoms with E-state index in [1.54, 1.807) is 0 Å². The number of amides is 2. The van der Waals surface area contributed by atoms with E-state index in [1.165, 1.54) is 5.56 Å². The number of carbonyl (C=O) groups excluding carboxylic acids is 2. The van der Waals surface area contributed by atoms with Crippen LogP contribution in [0.2, 0.25) is 0 Å². The minimum atomic E-state index is 0.0921. The van der Waals surface area contributed by atoms with E-state index < -0.39 is 0 Å². The molecule has 1 fully saturated rings. The normalized spacial score (nSPS) is 24.0. The van der Waals surface area contributed by atoms with Gasteiger partial charge in [0.05, 0.1) is 0 Å². The zero-order valence-electron chi connectivity index (χ0n) is 13.7. The number of rotatable bonds is 4. The average molecular weight is 315 g/mol. The van der Waals surface area contributed by atoms with Crippen LogP contribution in [0.4, 0.5) is 5.69 Å². The van der Waals surface area contributed by atoms with Gasteiger partial charge in [-0.1, -0.05) is 25.1 Å². The van der Waals surface area contributed by atoms with Gasteiger partial charge in [-0.25, -0.2) is 0 Å². The first-order valence-electron chi connectivity index (χ1n) is 8.48. The number of likely N-dealkylation sites (tertiary alicyclic amines) is 1. The van der Waals surface area contributed by atoms with E-state index in [0.29, 0.717) is 38.3 Å². The van der Waals surface area contributed by atoms with E-state index in [9.17, 15) is 9.59 Å². The summed E-state index contributed by atoms with van der Waals surface area (Å²) in [5, 5.41) is 0. The van der Waals surface area contributed by atoms with Gasteiger partial charge in [0.25, 0.3) is 0 Å². The lowest BCUT2D eigenvalue weighted by atomic mass is 10.0. The smallest absolute Gasteiger partial charge is 0.227 e. The van der Waals surface area contributed by atoms with E-state index in [1.807, 2.05) is 28.0 Å². The molecule has 0 aromatic heterocycles. The van der Waals surface area contributed by atoms with E-state index in [2.05, 4.69) is 13.0 Å². The van der Waals surface area contributed by atoms with Crippen LogP contribution >= 0.6 is 0 Å². The molecule has 0 spiro atoms. The molecule has 2 aliphatic heterocycles. The van der Waals surface area contributed by atoms with Gasteiger partial charge in [0.1, 0.15) is 0 Å². The molecule has 23 heavy (non-hydrogen) atoms. The predicted molar refractivity (Wildman–Crippen MR) is 90.1 cm³/mol. The number of fused-ring (bicyclic) bond motifs is 1. The Hall–Kier alpha value is -1.88. The lowest BCUT2D eigenvalue weighted by molar-refractivity contribution is -0.130. The number of anilines is 1. The summed E-state index contributed by atoms with van der Waals surface area (Å²) in [4.78, 5) is 28.2. The summed E-state index contributed by atoms with van der Waals surface area (Å²) in [6, 6.07) is 8.13. The molecule has 5 heteroatoms. The highest BCUT2D eigenvalue weighted by atomic mass is 16.2. The molecule has 0 radical (unpaired) electrons. The maximum absolute atomic E-state index is 12.3. The number of benzene rings is 1. The van der Waals surface area contributed by atoms with E-state index >= 15 is 0 Å². The minimum Gasteiger partial charge on any atom is -0.341 e. The minimum absolute atomic E-state index is 0.0921. The Labute approximate surface area is 137 Å². The number of nitrogens with zero attached hydrogens (tertiary/aromatic N) is 2. The SMILES string of the molecule is CC1CN(C(=O)CCCN2C(=O)CCc3ccccc32)CC1N. The first-order valence-corrected chi connectivity index (χ1v) is 8.48. The Morgan fingerprint density at radius 3 is 2.78 bits per heavy atom. The van der Waals surface area contributed by atoms with E-state index in [0.717, 1.165) is 18.7 Å². The number of carbonyl (C=O) groups is 2. The molecule has 0 aliphatic carbocycles. The van der Waals surface area contributed by atoms with Crippen LogP contribution in [0, 0.1) is 5.92 Å². The highest BCUT2D eigenvalue weighted by molar-refractivity contribution is 5.96. The summed E-state index contributed by atoms with van der Waals surface area (Å²) >= 11 is 0. The molecule has 2 atom stereocenters. The van der Waals surface area contributed by atoms with Gasteiger partial charge in [0.2, 0.25) is 11.8 Å². The molecule has 2 heterocycles. The molecule has 3 rings (SSSR count). The highest BCUT2D eigenvalue weighted by Crippen LogP contribution is 2.27. The molecule has 2 aliphatic rings. The fraction of sp³-hybridized carbons (Fsp3) is 0.556. The van der Waals surface area contributed by atoms with Crippen LogP contribution in [0.5, 0.6) is 0 Å². The number of para-hydroxylation sites is 1. The zero-order chi connectivity index (χ0) is 16.4. The van der Waals surface area contributed by atoms with Gasteiger partial charge in [-0.3, -0.25) is 9.59 Å². The van der Waals surface area contributed by atoms with Crippen molar-refractivity contribution in [2.45, 2.75) is 38.6 Å². The molecular formula is C18H25N3O2. The summed E-state index contributed by atoms with van der Waals surface area (Å²) < 4.78 is 0. The summed E-state index contributed by atoms with van der Waals surface area (Å²) in [5.74, 6) is 0.685. The molecule has 124 valence electrons. The van der Waals surface area contributed by atoms with Gasteiger partial charge in [0, 0.05) is 44.2 Å². The standard InChI is InChI=1S/C18H25N3O2/c1-13-11-20(12-15(13)19)17(22)7-4-10-21-16-6-3-2-5-14(16)8-9-18(21)23/h2-3,5-6,13,15H,4,7-12,19H2,1H3. The third-order valence-corrected chi connectivity index (χ3v) is 4.99. The highest BCUT2D eigenvalue weighted by Gasteiger charge is 2.30. The number of hydrogen-bond donors (Lipinski definition) is 1. The van der Waals surface area contributed by atoms with Crippen molar-refractivity contribution in [3.8, 4) is 0 Å². The zero-order valence-corrected chi connectivity index (χ0v) is 13.7. The van der Waals surface area contributed by atoms with Crippen LogP contribution in [0.25, 0.3) is 0 Å². The van der Waals surface area contributed by atoms with Gasteiger partial charge in [-0.05, 0) is 30.4 Å². The van der Waals surface area contributed by atoms with Crippen molar-refractivity contribution in [3.05, 3.63) is 29.8 Å². The van der Waals surface area contributed by atoms with E-state index in [-0.39, 0.29) is 17.9 Å². The van der Waals surface area contributed by atoms with Crippen LogP contribution in [-0.4, -0.2) is 42.4 Å². The molecular weight excluding hydrogens is 290 g/mol. The summed E-state index contributed by atoms with van der Waals surface area (Å²) in [6.45, 7) is 4.11. The summed E-state index contributed by atoms with van der Waals surface area (Å²) in [7, 11) is 0. The third kappa shape index (κ3) is 3.39. The predicted octanol–water partition coefficient (Wildman–Crippen LogP) is 1.55. The van der Waals surface area contributed by atoms with Crippen LogP contribution in [-0.2, 0) is 16.0 Å². The van der Waals surface area contributed by atoms with E-state index in [4.69, 9.17) is 5.73 Å². The van der Waals surface area contributed by atoms with Crippen molar-refractivity contribution in [3.63, 3.8) is 0 Å². The monoisotopic (exact) mass is 315 g/mol. The van der Waals surface area contributed by atoms with Crippen molar-refractivity contribution in [1.29, 1.82) is 0 Å². The average Bonchev–Trinajstić information content (AvgIpc) is 2.89. The lowest BCUT2D eigenvalue weighted by Crippen LogP contribution is -2.37. The quantitative estimate of drug-likeness (QED) is 0.917. The fourth-order valence-corrected chi connectivity index (χ4v) is 3.48. The number of nitrogens with two attached hydrogens (primary N) is 1. The third-order valence-electron chi connectivity index (χ3n) is 4.99. The van der Waals surface area contributed by atoms with Crippen molar-refractivity contribution in [1.82, 2.24) is 4.90 Å². The maximum Gasteiger partial charge on any atom is 0.227 e. The second-order valence-corrected chi connectivity index (χ2v) is 6.72. The van der Waals surface area contributed by atoms with Crippen LogP contribution in [0.1, 0.15) is 31.7 Å². The molecule has 2 unspecified atom stereocenters. The molecule has 1 aromatic rings. The molecule has 1 aromatic carbocycles. The first kappa shape index (κ1) is 16.0. The summed E-state index contributed by atoms with van der Waals surface area (Å²) in [5.41, 5.74) is 8.20. The first-order chi connectivity index (χ1) is 11.1. The number of aryl methyl sites for hydroxylation is 1.